The maximum absolute atomic E-state index is 13.1. The van der Waals surface area contributed by atoms with E-state index in [0.29, 0.717) is 6.42 Å². The van der Waals surface area contributed by atoms with E-state index >= 15 is 0 Å². The van der Waals surface area contributed by atoms with Crippen LogP contribution in [0.5, 0.6) is 0 Å². The zero-order valence-corrected chi connectivity index (χ0v) is 13.0. The van der Waals surface area contributed by atoms with Crippen LogP contribution < -0.4 is 5.73 Å². The highest BCUT2D eigenvalue weighted by Crippen LogP contribution is 2.33. The van der Waals surface area contributed by atoms with Crippen LogP contribution in [0.15, 0.2) is 54.6 Å². The van der Waals surface area contributed by atoms with E-state index in [1.165, 1.54) is 12.1 Å². The first-order chi connectivity index (χ1) is 11.1. The first kappa shape index (κ1) is 15.7. The first-order valence-corrected chi connectivity index (χ1v) is 8.00. The Bertz CT molecular complexity index is 657. The lowest BCUT2D eigenvalue weighted by Crippen LogP contribution is -2.33. The van der Waals surface area contributed by atoms with E-state index < -0.39 is 0 Å². The second-order valence-corrected chi connectivity index (χ2v) is 6.02. The minimum Gasteiger partial charge on any atom is -0.336 e. The molecular formula is C19H21FN2O. The topological polar surface area (TPSA) is 46.3 Å². The third-order valence-electron chi connectivity index (χ3n) is 4.45. The minimum absolute atomic E-state index is 0.0334. The van der Waals surface area contributed by atoms with Crippen LogP contribution in [0.1, 0.15) is 42.5 Å². The number of rotatable bonds is 4. The summed E-state index contributed by atoms with van der Waals surface area (Å²) in [7, 11) is 0. The van der Waals surface area contributed by atoms with Gasteiger partial charge in [-0.2, -0.15) is 0 Å². The van der Waals surface area contributed by atoms with Crippen molar-refractivity contribution in [2.45, 2.75) is 31.3 Å². The highest BCUT2D eigenvalue weighted by molar-refractivity contribution is 5.78. The molecule has 4 heteroatoms. The average Bonchev–Trinajstić information content (AvgIpc) is 3.06. The SMILES string of the molecule is NC(CC(=O)N1CCCC1c1ccc(F)cc1)c1ccccc1. The maximum atomic E-state index is 13.1. The fourth-order valence-corrected chi connectivity index (χ4v) is 3.22. The van der Waals surface area contributed by atoms with Gasteiger partial charge in [0, 0.05) is 19.0 Å². The molecule has 23 heavy (non-hydrogen) atoms. The van der Waals surface area contributed by atoms with E-state index in [9.17, 15) is 9.18 Å². The molecule has 2 aromatic rings. The molecule has 3 rings (SSSR count). The second-order valence-electron chi connectivity index (χ2n) is 6.02. The van der Waals surface area contributed by atoms with Gasteiger partial charge in [0.1, 0.15) is 5.82 Å². The number of benzene rings is 2. The number of carbonyl (C=O) groups is 1. The normalized spacial score (nSPS) is 18.9. The third-order valence-corrected chi connectivity index (χ3v) is 4.45. The monoisotopic (exact) mass is 312 g/mol. The van der Waals surface area contributed by atoms with Crippen molar-refractivity contribution in [3.8, 4) is 0 Å². The quantitative estimate of drug-likeness (QED) is 0.938. The Hall–Kier alpha value is -2.20. The van der Waals surface area contributed by atoms with Gasteiger partial charge in [-0.25, -0.2) is 4.39 Å². The summed E-state index contributed by atoms with van der Waals surface area (Å²) in [6, 6.07) is 15.9. The lowest BCUT2D eigenvalue weighted by atomic mass is 10.0. The van der Waals surface area contributed by atoms with Crippen LogP contribution in [0.4, 0.5) is 4.39 Å². The first-order valence-electron chi connectivity index (χ1n) is 8.00. The van der Waals surface area contributed by atoms with E-state index in [1.54, 1.807) is 12.1 Å². The predicted octanol–water partition coefficient (Wildman–Crippen LogP) is 3.58. The van der Waals surface area contributed by atoms with Crippen LogP contribution in [0.3, 0.4) is 0 Å². The molecular weight excluding hydrogens is 291 g/mol. The number of carbonyl (C=O) groups excluding carboxylic acids is 1. The summed E-state index contributed by atoms with van der Waals surface area (Å²) in [5.74, 6) is -0.191. The molecule has 1 amide bonds. The summed E-state index contributed by atoms with van der Waals surface area (Å²) in [6.45, 7) is 0.738. The Kier molecular flexibility index (Phi) is 4.72. The van der Waals surface area contributed by atoms with E-state index in [0.717, 1.165) is 30.5 Å². The van der Waals surface area contributed by atoms with Gasteiger partial charge in [-0.1, -0.05) is 42.5 Å². The van der Waals surface area contributed by atoms with Crippen molar-refractivity contribution in [2.24, 2.45) is 5.73 Å². The van der Waals surface area contributed by atoms with Gasteiger partial charge in [-0.15, -0.1) is 0 Å². The summed E-state index contributed by atoms with van der Waals surface area (Å²) >= 11 is 0. The highest BCUT2D eigenvalue weighted by atomic mass is 19.1. The van der Waals surface area contributed by atoms with Crippen molar-refractivity contribution in [2.75, 3.05) is 6.54 Å². The lowest BCUT2D eigenvalue weighted by molar-refractivity contribution is -0.132. The molecule has 1 heterocycles. The van der Waals surface area contributed by atoms with Crippen LogP contribution in [0.2, 0.25) is 0 Å². The fourth-order valence-electron chi connectivity index (χ4n) is 3.22. The van der Waals surface area contributed by atoms with Gasteiger partial charge in [0.25, 0.3) is 0 Å². The van der Waals surface area contributed by atoms with Gasteiger partial charge in [0.15, 0.2) is 0 Å². The standard InChI is InChI=1S/C19H21FN2O/c20-16-10-8-15(9-11-16)18-7-4-12-22(18)19(23)13-17(21)14-5-2-1-3-6-14/h1-3,5-6,8-11,17-18H,4,7,12-13,21H2. The molecule has 1 saturated heterocycles. The molecule has 2 atom stereocenters. The van der Waals surface area contributed by atoms with E-state index in [2.05, 4.69) is 0 Å². The van der Waals surface area contributed by atoms with Crippen molar-refractivity contribution in [1.29, 1.82) is 0 Å². The molecule has 0 aromatic heterocycles. The number of hydrogen-bond donors (Lipinski definition) is 1. The van der Waals surface area contributed by atoms with Crippen molar-refractivity contribution in [3.63, 3.8) is 0 Å². The van der Waals surface area contributed by atoms with Crippen molar-refractivity contribution >= 4 is 5.91 Å². The minimum atomic E-state index is -0.293. The molecule has 2 N–H and O–H groups in total. The number of nitrogens with zero attached hydrogens (tertiary/aromatic N) is 1. The van der Waals surface area contributed by atoms with E-state index in [4.69, 9.17) is 5.73 Å². The van der Waals surface area contributed by atoms with E-state index in [1.807, 2.05) is 35.2 Å². The summed E-state index contributed by atoms with van der Waals surface area (Å²) in [5.41, 5.74) is 8.13. The molecule has 1 aliphatic rings. The lowest BCUT2D eigenvalue weighted by Gasteiger charge is -2.26. The molecule has 1 aliphatic heterocycles. The largest absolute Gasteiger partial charge is 0.336 e. The molecule has 0 radical (unpaired) electrons. The third kappa shape index (κ3) is 3.59. The highest BCUT2D eigenvalue weighted by Gasteiger charge is 2.30. The van der Waals surface area contributed by atoms with Gasteiger partial charge < -0.3 is 10.6 Å². The summed E-state index contributed by atoms with van der Waals surface area (Å²) in [6.07, 6.45) is 2.17. The molecule has 3 nitrogen and oxygen atoms in total. The maximum Gasteiger partial charge on any atom is 0.224 e. The Balaban J connectivity index is 1.69. The molecule has 0 saturated carbocycles. The Morgan fingerprint density at radius 2 is 1.87 bits per heavy atom. The Morgan fingerprint density at radius 1 is 1.17 bits per heavy atom. The Labute approximate surface area is 135 Å². The predicted molar refractivity (Wildman–Crippen MR) is 88.1 cm³/mol. The van der Waals surface area contributed by atoms with Gasteiger partial charge in [0.05, 0.1) is 6.04 Å². The average molecular weight is 312 g/mol. The van der Waals surface area contributed by atoms with Crippen LogP contribution in [0.25, 0.3) is 0 Å². The van der Waals surface area contributed by atoms with Crippen LogP contribution >= 0.6 is 0 Å². The number of halogens is 1. The molecule has 1 fully saturated rings. The Morgan fingerprint density at radius 3 is 2.57 bits per heavy atom. The molecule has 0 bridgehead atoms. The number of nitrogens with two attached hydrogens (primary N) is 1. The van der Waals surface area contributed by atoms with Crippen LogP contribution in [-0.2, 0) is 4.79 Å². The zero-order valence-electron chi connectivity index (χ0n) is 13.0. The molecule has 2 unspecified atom stereocenters. The van der Waals surface area contributed by atoms with Gasteiger partial charge >= 0.3 is 0 Å². The molecule has 0 spiro atoms. The molecule has 0 aliphatic carbocycles. The van der Waals surface area contributed by atoms with Crippen LogP contribution in [-0.4, -0.2) is 17.4 Å². The van der Waals surface area contributed by atoms with E-state index in [-0.39, 0.29) is 23.8 Å². The van der Waals surface area contributed by atoms with Crippen molar-refractivity contribution in [1.82, 2.24) is 4.90 Å². The summed E-state index contributed by atoms with van der Waals surface area (Å²) in [5, 5.41) is 0. The number of likely N-dealkylation sites (tertiary alicyclic amines) is 1. The second kappa shape index (κ2) is 6.92. The van der Waals surface area contributed by atoms with Crippen LogP contribution in [0, 0.1) is 5.82 Å². The van der Waals surface area contributed by atoms with Gasteiger partial charge in [0.2, 0.25) is 5.91 Å². The van der Waals surface area contributed by atoms with Gasteiger partial charge in [-0.3, -0.25) is 4.79 Å². The van der Waals surface area contributed by atoms with Crippen molar-refractivity contribution in [3.05, 3.63) is 71.5 Å². The fraction of sp³-hybridized carbons (Fsp3) is 0.316. The summed E-state index contributed by atoms with van der Waals surface area (Å²) < 4.78 is 13.1. The zero-order chi connectivity index (χ0) is 16.2. The van der Waals surface area contributed by atoms with Crippen molar-refractivity contribution < 1.29 is 9.18 Å². The molecule has 120 valence electrons. The molecule has 2 aromatic carbocycles. The summed E-state index contributed by atoms with van der Waals surface area (Å²) in [4.78, 5) is 14.5. The number of amides is 1. The van der Waals surface area contributed by atoms with Gasteiger partial charge in [-0.05, 0) is 36.1 Å². The smallest absolute Gasteiger partial charge is 0.224 e. The number of hydrogen-bond acceptors (Lipinski definition) is 2.